The van der Waals surface area contributed by atoms with E-state index in [9.17, 15) is 0 Å². The van der Waals surface area contributed by atoms with E-state index in [0.717, 1.165) is 38.6 Å². The molecule has 1 aromatic heterocycles. The van der Waals surface area contributed by atoms with Crippen LogP contribution in [0.5, 0.6) is 5.75 Å². The van der Waals surface area contributed by atoms with Crippen molar-refractivity contribution in [3.05, 3.63) is 60.8 Å². The summed E-state index contributed by atoms with van der Waals surface area (Å²) in [5.41, 5.74) is 2.59. The van der Waals surface area contributed by atoms with Crippen molar-refractivity contribution in [3.63, 3.8) is 0 Å². The van der Waals surface area contributed by atoms with Gasteiger partial charge in [0.1, 0.15) is 5.75 Å². The van der Waals surface area contributed by atoms with Crippen molar-refractivity contribution >= 4 is 16.6 Å². The van der Waals surface area contributed by atoms with E-state index in [4.69, 9.17) is 4.74 Å². The lowest BCUT2D eigenvalue weighted by Gasteiger charge is -2.36. The highest BCUT2D eigenvalue weighted by Gasteiger charge is 2.17. The molecule has 124 valence electrons. The second kappa shape index (κ2) is 6.57. The first-order chi connectivity index (χ1) is 11.8. The number of fused-ring (bicyclic) bond motifs is 1. The van der Waals surface area contributed by atoms with Gasteiger partial charge in [-0.3, -0.25) is 4.90 Å². The van der Waals surface area contributed by atoms with Gasteiger partial charge in [-0.25, -0.2) is 0 Å². The Hall–Kier alpha value is -2.46. The van der Waals surface area contributed by atoms with E-state index in [2.05, 4.69) is 63.0 Å². The SMILES string of the molecule is COc1ccc(N2CCN(Cn3ccc4ccccc43)CC2)cc1. The number of para-hydroxylation sites is 1. The van der Waals surface area contributed by atoms with Crippen molar-refractivity contribution in [2.75, 3.05) is 38.2 Å². The molecule has 0 saturated carbocycles. The lowest BCUT2D eigenvalue weighted by atomic mass is 10.2. The molecule has 0 bridgehead atoms. The third-order valence-electron chi connectivity index (χ3n) is 4.84. The predicted octanol–water partition coefficient (Wildman–Crippen LogP) is 3.43. The number of benzene rings is 2. The molecule has 0 spiro atoms. The largest absolute Gasteiger partial charge is 0.497 e. The van der Waals surface area contributed by atoms with E-state index in [1.54, 1.807) is 7.11 Å². The van der Waals surface area contributed by atoms with Crippen molar-refractivity contribution in [1.82, 2.24) is 9.47 Å². The van der Waals surface area contributed by atoms with Gasteiger partial charge in [0.2, 0.25) is 0 Å². The van der Waals surface area contributed by atoms with Gasteiger partial charge in [0.15, 0.2) is 0 Å². The summed E-state index contributed by atoms with van der Waals surface area (Å²) >= 11 is 0. The molecule has 0 aliphatic carbocycles. The zero-order valence-corrected chi connectivity index (χ0v) is 14.1. The lowest BCUT2D eigenvalue weighted by molar-refractivity contribution is 0.209. The van der Waals surface area contributed by atoms with Gasteiger partial charge in [-0.2, -0.15) is 0 Å². The summed E-state index contributed by atoms with van der Waals surface area (Å²) < 4.78 is 7.58. The smallest absolute Gasteiger partial charge is 0.119 e. The van der Waals surface area contributed by atoms with Crippen LogP contribution < -0.4 is 9.64 Å². The molecule has 1 aliphatic heterocycles. The van der Waals surface area contributed by atoms with E-state index in [0.29, 0.717) is 0 Å². The van der Waals surface area contributed by atoms with Crippen LogP contribution >= 0.6 is 0 Å². The minimum atomic E-state index is 0.914. The van der Waals surface area contributed by atoms with Gasteiger partial charge in [-0.05, 0) is 41.8 Å². The zero-order valence-electron chi connectivity index (χ0n) is 14.1. The molecule has 2 heterocycles. The van der Waals surface area contributed by atoms with Gasteiger partial charge in [0.25, 0.3) is 0 Å². The van der Waals surface area contributed by atoms with Gasteiger partial charge >= 0.3 is 0 Å². The summed E-state index contributed by atoms with van der Waals surface area (Å²) in [5, 5.41) is 1.31. The van der Waals surface area contributed by atoms with E-state index in [-0.39, 0.29) is 0 Å². The number of aromatic nitrogens is 1. The molecular weight excluding hydrogens is 298 g/mol. The summed E-state index contributed by atoms with van der Waals surface area (Å²) in [7, 11) is 1.71. The highest BCUT2D eigenvalue weighted by atomic mass is 16.5. The fourth-order valence-corrected chi connectivity index (χ4v) is 3.42. The number of hydrogen-bond donors (Lipinski definition) is 0. The third kappa shape index (κ3) is 2.97. The highest BCUT2D eigenvalue weighted by molar-refractivity contribution is 5.79. The minimum absolute atomic E-state index is 0.914. The predicted molar refractivity (Wildman–Crippen MR) is 98.7 cm³/mol. The normalized spacial score (nSPS) is 15.8. The maximum Gasteiger partial charge on any atom is 0.119 e. The fraction of sp³-hybridized carbons (Fsp3) is 0.300. The van der Waals surface area contributed by atoms with E-state index < -0.39 is 0 Å². The van der Waals surface area contributed by atoms with Crippen molar-refractivity contribution < 1.29 is 4.74 Å². The molecule has 0 unspecified atom stereocenters. The molecular formula is C20H23N3O. The second-order valence-electron chi connectivity index (χ2n) is 6.29. The van der Waals surface area contributed by atoms with Crippen molar-refractivity contribution in [1.29, 1.82) is 0 Å². The van der Waals surface area contributed by atoms with Crippen LogP contribution in [-0.2, 0) is 6.67 Å². The highest BCUT2D eigenvalue weighted by Crippen LogP contribution is 2.21. The van der Waals surface area contributed by atoms with Crippen molar-refractivity contribution in [2.24, 2.45) is 0 Å². The Kier molecular flexibility index (Phi) is 4.13. The van der Waals surface area contributed by atoms with Crippen LogP contribution in [0.1, 0.15) is 0 Å². The standard InChI is InChI=1S/C20H23N3O/c1-24-19-8-6-18(7-9-19)22-14-12-21(13-15-22)16-23-11-10-17-4-2-3-5-20(17)23/h2-11H,12-16H2,1H3. The molecule has 0 N–H and O–H groups in total. The number of rotatable bonds is 4. The van der Waals surface area contributed by atoms with Crippen LogP contribution in [-0.4, -0.2) is 42.8 Å². The van der Waals surface area contributed by atoms with Crippen LogP contribution in [0.25, 0.3) is 10.9 Å². The van der Waals surface area contributed by atoms with Crippen LogP contribution in [0.2, 0.25) is 0 Å². The lowest BCUT2D eigenvalue weighted by Crippen LogP contribution is -2.46. The van der Waals surface area contributed by atoms with Crippen LogP contribution in [0.4, 0.5) is 5.69 Å². The summed E-state index contributed by atoms with van der Waals surface area (Å²) in [6.45, 7) is 5.25. The Morgan fingerprint density at radius 3 is 2.38 bits per heavy atom. The molecule has 3 aromatic rings. The average molecular weight is 321 g/mol. The maximum absolute atomic E-state index is 5.24. The first-order valence-electron chi connectivity index (χ1n) is 8.49. The summed E-state index contributed by atoms with van der Waals surface area (Å²) in [5.74, 6) is 0.914. The molecule has 2 aromatic carbocycles. The van der Waals surface area contributed by atoms with Gasteiger partial charge in [0, 0.05) is 43.6 Å². The van der Waals surface area contributed by atoms with E-state index >= 15 is 0 Å². The van der Waals surface area contributed by atoms with Gasteiger partial charge in [0.05, 0.1) is 13.8 Å². The van der Waals surface area contributed by atoms with Crippen molar-refractivity contribution in [2.45, 2.75) is 6.67 Å². The molecule has 24 heavy (non-hydrogen) atoms. The summed E-state index contributed by atoms with van der Waals surface area (Å²) in [6, 6.07) is 19.1. The van der Waals surface area contributed by atoms with Crippen molar-refractivity contribution in [3.8, 4) is 5.75 Å². The molecule has 1 saturated heterocycles. The van der Waals surface area contributed by atoms with E-state index in [1.807, 2.05) is 12.1 Å². The van der Waals surface area contributed by atoms with E-state index in [1.165, 1.54) is 16.6 Å². The Morgan fingerprint density at radius 1 is 0.875 bits per heavy atom. The molecule has 4 heteroatoms. The molecule has 0 radical (unpaired) electrons. The molecule has 4 rings (SSSR count). The average Bonchev–Trinajstić information content (AvgIpc) is 3.06. The molecule has 0 atom stereocenters. The second-order valence-corrected chi connectivity index (χ2v) is 6.29. The summed E-state index contributed by atoms with van der Waals surface area (Å²) in [6.07, 6.45) is 2.19. The minimum Gasteiger partial charge on any atom is -0.497 e. The number of ether oxygens (including phenoxy) is 1. The Bertz CT molecular complexity index is 801. The van der Waals surface area contributed by atoms with Gasteiger partial charge in [-0.1, -0.05) is 18.2 Å². The Labute approximate surface area is 142 Å². The quantitative estimate of drug-likeness (QED) is 0.734. The molecule has 1 fully saturated rings. The number of piperazine rings is 1. The Morgan fingerprint density at radius 2 is 1.62 bits per heavy atom. The molecule has 1 aliphatic rings. The fourth-order valence-electron chi connectivity index (χ4n) is 3.42. The molecule has 0 amide bonds. The topological polar surface area (TPSA) is 20.6 Å². The van der Waals surface area contributed by atoms with Crippen LogP contribution in [0.15, 0.2) is 60.8 Å². The Balaban J connectivity index is 1.39. The molecule has 4 nitrogen and oxygen atoms in total. The summed E-state index contributed by atoms with van der Waals surface area (Å²) in [4.78, 5) is 4.97. The number of hydrogen-bond acceptors (Lipinski definition) is 3. The number of anilines is 1. The van der Waals surface area contributed by atoms with Gasteiger partial charge in [-0.15, -0.1) is 0 Å². The maximum atomic E-state index is 5.24. The monoisotopic (exact) mass is 321 g/mol. The number of methoxy groups -OCH3 is 1. The third-order valence-corrected chi connectivity index (χ3v) is 4.84. The van der Waals surface area contributed by atoms with Gasteiger partial charge < -0.3 is 14.2 Å². The van der Waals surface area contributed by atoms with Crippen LogP contribution in [0, 0.1) is 0 Å². The number of nitrogens with zero attached hydrogens (tertiary/aromatic N) is 3. The first kappa shape index (κ1) is 15.1. The van der Waals surface area contributed by atoms with Crippen LogP contribution in [0.3, 0.4) is 0 Å². The first-order valence-corrected chi connectivity index (χ1v) is 8.49. The zero-order chi connectivity index (χ0) is 16.4.